The van der Waals surface area contributed by atoms with Gasteiger partial charge in [0.05, 0.1) is 22.0 Å². The van der Waals surface area contributed by atoms with E-state index in [9.17, 15) is 13.2 Å². The third kappa shape index (κ3) is 1.61. The van der Waals surface area contributed by atoms with E-state index in [0.29, 0.717) is 0 Å². The Hall–Kier alpha value is -1.46. The number of hydrogen-bond acceptors (Lipinski definition) is 4. The summed E-state index contributed by atoms with van der Waals surface area (Å²) in [5, 5.41) is 0. The number of carbonyl (C=O) groups excluding carboxylic acids is 1. The summed E-state index contributed by atoms with van der Waals surface area (Å²) in [5.41, 5.74) is -1.28. The van der Waals surface area contributed by atoms with Gasteiger partial charge in [0.25, 0.3) is 0 Å². The van der Waals surface area contributed by atoms with Gasteiger partial charge >= 0.3 is 0 Å². The number of ketones is 1. The van der Waals surface area contributed by atoms with Crippen LogP contribution in [0.2, 0.25) is 0 Å². The summed E-state index contributed by atoms with van der Waals surface area (Å²) in [6.07, 6.45) is 5.59. The molecule has 1 saturated heterocycles. The van der Waals surface area contributed by atoms with Gasteiger partial charge in [0, 0.05) is 5.92 Å². The molecule has 5 heteroatoms. The second-order valence-electron chi connectivity index (χ2n) is 6.66. The van der Waals surface area contributed by atoms with Crippen LogP contribution in [-0.4, -0.2) is 31.7 Å². The molecule has 4 atom stereocenters. The van der Waals surface area contributed by atoms with Gasteiger partial charge in [-0.2, -0.15) is 0 Å². The van der Waals surface area contributed by atoms with Crippen LogP contribution in [0.5, 0.6) is 0 Å². The predicted octanol–water partition coefficient (Wildman–Crippen LogP) is 2.15. The van der Waals surface area contributed by atoms with E-state index in [1.54, 1.807) is 18.2 Å². The summed E-state index contributed by atoms with van der Waals surface area (Å²) in [4.78, 5) is 13.1. The van der Waals surface area contributed by atoms with Gasteiger partial charge in [-0.05, 0) is 31.9 Å². The molecule has 0 spiro atoms. The lowest BCUT2D eigenvalue weighted by molar-refractivity contribution is -0.142. The van der Waals surface area contributed by atoms with Gasteiger partial charge in [0.15, 0.2) is 15.6 Å². The Morgan fingerprint density at radius 1 is 1.32 bits per heavy atom. The molecule has 2 aliphatic heterocycles. The van der Waals surface area contributed by atoms with Crippen molar-refractivity contribution in [2.24, 2.45) is 11.3 Å². The Labute approximate surface area is 130 Å². The molecule has 116 valence electrons. The van der Waals surface area contributed by atoms with Crippen molar-refractivity contribution in [3.05, 3.63) is 42.5 Å². The number of carbonyl (C=O) groups is 1. The fourth-order valence-electron chi connectivity index (χ4n) is 4.41. The minimum atomic E-state index is -3.60. The first-order valence-electron chi connectivity index (χ1n) is 7.57. The molecule has 0 amide bonds. The lowest BCUT2D eigenvalue weighted by Gasteiger charge is -2.51. The topological polar surface area (TPSA) is 60.4 Å². The van der Waals surface area contributed by atoms with Crippen molar-refractivity contribution in [3.8, 4) is 0 Å². The number of hydrogen-bond donors (Lipinski definition) is 0. The van der Waals surface area contributed by atoms with E-state index >= 15 is 0 Å². The first-order valence-corrected chi connectivity index (χ1v) is 9.23. The van der Waals surface area contributed by atoms with Crippen molar-refractivity contribution in [1.29, 1.82) is 0 Å². The van der Waals surface area contributed by atoms with Crippen LogP contribution in [0, 0.1) is 11.3 Å². The maximum atomic E-state index is 12.9. The molecule has 1 aromatic carbocycles. The molecule has 0 aromatic heterocycles. The van der Waals surface area contributed by atoms with Crippen LogP contribution in [0.1, 0.15) is 19.8 Å². The second-order valence-corrected chi connectivity index (χ2v) is 8.65. The minimum Gasteiger partial charge on any atom is -0.363 e. The highest BCUT2D eigenvalue weighted by Crippen LogP contribution is 2.66. The lowest BCUT2D eigenvalue weighted by Crippen LogP contribution is -2.58. The number of fused-ring (bicyclic) bond motifs is 5. The van der Waals surface area contributed by atoms with Gasteiger partial charge in [0.1, 0.15) is 5.75 Å². The zero-order valence-corrected chi connectivity index (χ0v) is 13.2. The first kappa shape index (κ1) is 14.2. The molecule has 1 aromatic rings. The number of benzene rings is 1. The summed E-state index contributed by atoms with van der Waals surface area (Å²) in [6, 6.07) is 8.19. The van der Waals surface area contributed by atoms with Gasteiger partial charge in [-0.1, -0.05) is 30.4 Å². The van der Waals surface area contributed by atoms with Crippen LogP contribution >= 0.6 is 0 Å². The zero-order chi connectivity index (χ0) is 15.6. The molecule has 0 unspecified atom stereocenters. The van der Waals surface area contributed by atoms with Crippen LogP contribution in [0.3, 0.4) is 0 Å². The highest BCUT2D eigenvalue weighted by molar-refractivity contribution is 7.92. The lowest BCUT2D eigenvalue weighted by atomic mass is 9.49. The van der Waals surface area contributed by atoms with Gasteiger partial charge < -0.3 is 4.74 Å². The van der Waals surface area contributed by atoms with E-state index in [4.69, 9.17) is 4.74 Å². The fraction of sp³-hybridized carbons (Fsp3) is 0.471. The minimum absolute atomic E-state index is 0.0258. The Morgan fingerprint density at radius 2 is 2.05 bits per heavy atom. The average Bonchev–Trinajstić information content (AvgIpc) is 2.87. The van der Waals surface area contributed by atoms with Gasteiger partial charge in [-0.15, -0.1) is 0 Å². The van der Waals surface area contributed by atoms with Gasteiger partial charge in [-0.3, -0.25) is 4.79 Å². The number of sulfone groups is 1. The summed E-state index contributed by atoms with van der Waals surface area (Å²) in [7, 11) is -3.60. The Bertz CT molecular complexity index is 767. The molecular formula is C17H18O4S. The second kappa shape index (κ2) is 4.30. The van der Waals surface area contributed by atoms with E-state index in [1.165, 1.54) is 12.1 Å². The van der Waals surface area contributed by atoms with E-state index in [2.05, 4.69) is 0 Å². The normalized spacial score (nSPS) is 38.6. The van der Waals surface area contributed by atoms with E-state index in [0.717, 1.165) is 12.8 Å². The Kier molecular flexibility index (Phi) is 2.76. The third-order valence-corrected chi connectivity index (χ3v) is 7.30. The molecule has 1 aliphatic carbocycles. The van der Waals surface area contributed by atoms with E-state index in [1.807, 2.05) is 19.1 Å². The van der Waals surface area contributed by atoms with Crippen molar-refractivity contribution in [2.75, 3.05) is 5.75 Å². The molecule has 1 saturated carbocycles. The molecule has 2 fully saturated rings. The SMILES string of the molecule is C[C@]12C=C[C@H](O1)[C@@H]1CC[C@@]12C(=O)CS(=O)(=O)c1ccccc1. The van der Waals surface area contributed by atoms with E-state index < -0.39 is 26.6 Å². The van der Waals surface area contributed by atoms with Gasteiger partial charge in [-0.25, -0.2) is 8.42 Å². The molecule has 4 rings (SSSR count). The van der Waals surface area contributed by atoms with E-state index in [-0.39, 0.29) is 22.7 Å². The van der Waals surface area contributed by atoms with Gasteiger partial charge in [0.2, 0.25) is 0 Å². The monoisotopic (exact) mass is 318 g/mol. The third-order valence-electron chi connectivity index (χ3n) is 5.67. The number of Topliss-reactive ketones (excluding diaryl/α,β-unsaturated/α-hetero) is 1. The van der Waals surface area contributed by atoms with Crippen LogP contribution in [-0.2, 0) is 19.4 Å². The fourth-order valence-corrected chi connectivity index (χ4v) is 5.75. The maximum Gasteiger partial charge on any atom is 0.185 e. The molecule has 2 heterocycles. The summed E-state index contributed by atoms with van der Waals surface area (Å²) in [6.45, 7) is 1.91. The predicted molar refractivity (Wildman–Crippen MR) is 81.1 cm³/mol. The largest absolute Gasteiger partial charge is 0.363 e. The van der Waals surface area contributed by atoms with Crippen molar-refractivity contribution >= 4 is 15.6 Å². The molecule has 0 N–H and O–H groups in total. The standard InChI is InChI=1S/C17H18O4S/c1-16-9-8-14(21-16)13-7-10-17(13,16)15(18)11-22(19,20)12-5-3-2-4-6-12/h2-6,8-9,13-14H,7,10-11H2,1H3/t13-,14-,16+,17-/m0/s1. The highest BCUT2D eigenvalue weighted by atomic mass is 32.2. The van der Waals surface area contributed by atoms with Crippen molar-refractivity contribution in [1.82, 2.24) is 0 Å². The highest BCUT2D eigenvalue weighted by Gasteiger charge is 2.71. The summed E-state index contributed by atoms with van der Waals surface area (Å²) < 4.78 is 31.0. The van der Waals surface area contributed by atoms with Crippen LogP contribution in [0.25, 0.3) is 0 Å². The van der Waals surface area contributed by atoms with Crippen LogP contribution in [0.4, 0.5) is 0 Å². The van der Waals surface area contributed by atoms with Crippen LogP contribution < -0.4 is 0 Å². The van der Waals surface area contributed by atoms with Crippen molar-refractivity contribution < 1.29 is 17.9 Å². The number of rotatable bonds is 4. The van der Waals surface area contributed by atoms with Crippen molar-refractivity contribution in [2.45, 2.75) is 36.4 Å². The molecular weight excluding hydrogens is 300 g/mol. The molecule has 3 aliphatic rings. The Morgan fingerprint density at radius 3 is 2.64 bits per heavy atom. The number of ether oxygens (including phenoxy) is 1. The quantitative estimate of drug-likeness (QED) is 0.798. The smallest absolute Gasteiger partial charge is 0.185 e. The summed E-state index contributed by atoms with van der Waals surface area (Å²) in [5.74, 6) is -0.490. The molecule has 4 nitrogen and oxygen atoms in total. The molecule has 2 bridgehead atoms. The van der Waals surface area contributed by atoms with Crippen LogP contribution in [0.15, 0.2) is 47.4 Å². The average molecular weight is 318 g/mol. The van der Waals surface area contributed by atoms with Crippen molar-refractivity contribution in [3.63, 3.8) is 0 Å². The Balaban J connectivity index is 1.65. The molecule has 0 radical (unpaired) electrons. The maximum absolute atomic E-state index is 12.9. The molecule has 22 heavy (non-hydrogen) atoms. The first-order chi connectivity index (χ1) is 10.4. The summed E-state index contributed by atoms with van der Waals surface area (Å²) >= 11 is 0. The zero-order valence-electron chi connectivity index (χ0n) is 12.4.